The molecule has 10 heteroatoms. The molecule has 1 amide bonds. The second-order valence-corrected chi connectivity index (χ2v) is 8.21. The summed E-state index contributed by atoms with van der Waals surface area (Å²) in [6.45, 7) is 0. The SMILES string of the molecule is COC(=O)c1ccccc1-c1ccc(C=C2SC(=S)N(c3cccc([N+](=O)[O-])c3)C2=O)o1. The van der Waals surface area contributed by atoms with E-state index in [0.29, 0.717) is 33.2 Å². The van der Waals surface area contributed by atoms with E-state index in [9.17, 15) is 19.7 Å². The number of ether oxygens (including phenoxy) is 1. The maximum atomic E-state index is 12.9. The number of amides is 1. The van der Waals surface area contributed by atoms with E-state index in [1.807, 2.05) is 0 Å². The monoisotopic (exact) mass is 466 g/mol. The van der Waals surface area contributed by atoms with Crippen LogP contribution in [0.5, 0.6) is 0 Å². The molecule has 0 radical (unpaired) electrons. The largest absolute Gasteiger partial charge is 0.465 e. The summed E-state index contributed by atoms with van der Waals surface area (Å²) in [7, 11) is 1.30. The second kappa shape index (κ2) is 8.77. The summed E-state index contributed by atoms with van der Waals surface area (Å²) < 4.78 is 10.9. The van der Waals surface area contributed by atoms with Crippen LogP contribution in [0.2, 0.25) is 0 Å². The van der Waals surface area contributed by atoms with Gasteiger partial charge < -0.3 is 9.15 Å². The van der Waals surface area contributed by atoms with Gasteiger partial charge in [0, 0.05) is 23.8 Å². The molecule has 160 valence electrons. The molecule has 2 heterocycles. The van der Waals surface area contributed by atoms with Gasteiger partial charge in [0.15, 0.2) is 4.32 Å². The second-order valence-electron chi connectivity index (χ2n) is 6.53. The van der Waals surface area contributed by atoms with Crippen LogP contribution in [0.15, 0.2) is 70.0 Å². The summed E-state index contributed by atoms with van der Waals surface area (Å²) in [5, 5.41) is 11.1. The summed E-state index contributed by atoms with van der Waals surface area (Å²) in [5.41, 5.74) is 1.09. The number of carbonyl (C=O) groups excluding carboxylic acids is 2. The quantitative estimate of drug-likeness (QED) is 0.169. The number of thiocarbonyl (C=S) groups is 1. The van der Waals surface area contributed by atoms with Gasteiger partial charge >= 0.3 is 5.97 Å². The van der Waals surface area contributed by atoms with Gasteiger partial charge in [-0.15, -0.1) is 0 Å². The highest BCUT2D eigenvalue weighted by Gasteiger charge is 2.34. The molecule has 1 saturated heterocycles. The van der Waals surface area contributed by atoms with Crippen molar-refractivity contribution in [3.8, 4) is 11.3 Å². The van der Waals surface area contributed by atoms with Gasteiger partial charge in [-0.3, -0.25) is 19.8 Å². The zero-order chi connectivity index (χ0) is 22.8. The van der Waals surface area contributed by atoms with E-state index in [4.69, 9.17) is 21.4 Å². The minimum Gasteiger partial charge on any atom is -0.465 e. The number of methoxy groups -OCH3 is 1. The molecule has 0 bridgehead atoms. The van der Waals surface area contributed by atoms with Crippen LogP contribution in [0.4, 0.5) is 11.4 Å². The van der Waals surface area contributed by atoms with Crippen molar-refractivity contribution in [3.63, 3.8) is 0 Å². The first-order valence-corrected chi connectivity index (χ1v) is 10.4. The van der Waals surface area contributed by atoms with E-state index < -0.39 is 16.8 Å². The topological polar surface area (TPSA) is 103 Å². The molecule has 1 aliphatic rings. The molecular weight excluding hydrogens is 452 g/mol. The summed E-state index contributed by atoms with van der Waals surface area (Å²) in [6, 6.07) is 15.9. The smallest absolute Gasteiger partial charge is 0.338 e. The number of furan rings is 1. The van der Waals surface area contributed by atoms with Crippen molar-refractivity contribution in [1.29, 1.82) is 0 Å². The lowest BCUT2D eigenvalue weighted by molar-refractivity contribution is -0.384. The number of hydrogen-bond donors (Lipinski definition) is 0. The fraction of sp³-hybridized carbons (Fsp3) is 0.0455. The number of thioether (sulfide) groups is 1. The van der Waals surface area contributed by atoms with E-state index in [1.54, 1.807) is 48.5 Å². The first-order chi connectivity index (χ1) is 15.4. The molecule has 4 rings (SSSR count). The van der Waals surface area contributed by atoms with E-state index in [0.717, 1.165) is 11.8 Å². The number of benzene rings is 2. The maximum absolute atomic E-state index is 12.9. The van der Waals surface area contributed by atoms with Gasteiger partial charge in [-0.1, -0.05) is 48.2 Å². The highest BCUT2D eigenvalue weighted by atomic mass is 32.2. The van der Waals surface area contributed by atoms with Crippen LogP contribution < -0.4 is 4.90 Å². The lowest BCUT2D eigenvalue weighted by atomic mass is 10.1. The van der Waals surface area contributed by atoms with Crippen LogP contribution in [0.1, 0.15) is 16.1 Å². The van der Waals surface area contributed by atoms with Crippen molar-refractivity contribution in [2.45, 2.75) is 0 Å². The van der Waals surface area contributed by atoms with Crippen LogP contribution in [0, 0.1) is 10.1 Å². The van der Waals surface area contributed by atoms with E-state index in [2.05, 4.69) is 0 Å². The Labute approximate surface area is 191 Å². The van der Waals surface area contributed by atoms with Crippen molar-refractivity contribution in [2.24, 2.45) is 0 Å². The van der Waals surface area contributed by atoms with E-state index >= 15 is 0 Å². The number of rotatable bonds is 5. The van der Waals surface area contributed by atoms with Gasteiger partial charge in [-0.2, -0.15) is 0 Å². The average Bonchev–Trinajstić information content (AvgIpc) is 3.37. The number of nitro groups is 1. The zero-order valence-corrected chi connectivity index (χ0v) is 18.1. The third kappa shape index (κ3) is 4.05. The Morgan fingerprint density at radius 1 is 1.19 bits per heavy atom. The van der Waals surface area contributed by atoms with Crippen LogP contribution in [-0.4, -0.2) is 28.2 Å². The van der Waals surface area contributed by atoms with Gasteiger partial charge in [0.2, 0.25) is 0 Å². The number of carbonyl (C=O) groups is 2. The standard InChI is InChI=1S/C22H14N2O6S2/c1-29-21(26)17-8-3-2-7-16(17)18-10-9-15(30-18)12-19-20(25)23(22(31)32-19)13-5-4-6-14(11-13)24(27)28/h2-12H,1H3. The molecule has 0 unspecified atom stereocenters. The fourth-order valence-electron chi connectivity index (χ4n) is 3.13. The molecule has 0 atom stereocenters. The Bertz CT molecular complexity index is 1300. The van der Waals surface area contributed by atoms with Gasteiger partial charge in [0.25, 0.3) is 11.6 Å². The van der Waals surface area contributed by atoms with Crippen LogP contribution in [0.3, 0.4) is 0 Å². The Morgan fingerprint density at radius 2 is 1.97 bits per heavy atom. The number of non-ortho nitro benzene ring substituents is 1. The summed E-state index contributed by atoms with van der Waals surface area (Å²) in [4.78, 5) is 37.0. The van der Waals surface area contributed by atoms with Crippen molar-refractivity contribution < 1.29 is 23.7 Å². The minimum absolute atomic E-state index is 0.138. The van der Waals surface area contributed by atoms with Crippen LogP contribution >= 0.6 is 24.0 Å². The summed E-state index contributed by atoms with van der Waals surface area (Å²) in [5.74, 6) is -0.0737. The third-order valence-corrected chi connectivity index (χ3v) is 5.89. The maximum Gasteiger partial charge on any atom is 0.338 e. The van der Waals surface area contributed by atoms with Crippen molar-refractivity contribution in [3.05, 3.63) is 87.0 Å². The molecular formula is C22H14N2O6S2. The Balaban J connectivity index is 1.63. The molecule has 0 N–H and O–H groups in total. The van der Waals surface area contributed by atoms with Crippen LogP contribution in [0.25, 0.3) is 17.4 Å². The lowest BCUT2D eigenvalue weighted by Crippen LogP contribution is -2.27. The fourth-order valence-corrected chi connectivity index (χ4v) is 4.41. The zero-order valence-electron chi connectivity index (χ0n) is 16.5. The first-order valence-electron chi connectivity index (χ1n) is 9.19. The number of nitrogens with zero attached hydrogens (tertiary/aromatic N) is 2. The predicted molar refractivity (Wildman–Crippen MR) is 124 cm³/mol. The molecule has 1 aromatic heterocycles. The normalized spacial score (nSPS) is 14.8. The molecule has 0 saturated carbocycles. The number of hydrogen-bond acceptors (Lipinski definition) is 8. The van der Waals surface area contributed by atoms with Gasteiger partial charge in [0.05, 0.1) is 28.2 Å². The van der Waals surface area contributed by atoms with Gasteiger partial charge in [-0.05, 0) is 24.3 Å². The lowest BCUT2D eigenvalue weighted by Gasteiger charge is -2.13. The van der Waals surface area contributed by atoms with Gasteiger partial charge in [-0.25, -0.2) is 4.79 Å². The Hall–Kier alpha value is -3.76. The van der Waals surface area contributed by atoms with Crippen molar-refractivity contribution in [1.82, 2.24) is 0 Å². The van der Waals surface area contributed by atoms with Gasteiger partial charge in [0.1, 0.15) is 11.5 Å². The Morgan fingerprint density at radius 3 is 2.72 bits per heavy atom. The molecule has 1 fully saturated rings. The Kier molecular flexibility index (Phi) is 5.89. The van der Waals surface area contributed by atoms with E-state index in [-0.39, 0.29) is 10.0 Å². The third-order valence-electron chi connectivity index (χ3n) is 4.59. The number of esters is 1. The number of anilines is 1. The molecule has 3 aromatic rings. The molecule has 8 nitrogen and oxygen atoms in total. The average molecular weight is 466 g/mol. The minimum atomic E-state index is -0.534. The number of nitro benzene ring substituents is 1. The molecule has 0 spiro atoms. The molecule has 32 heavy (non-hydrogen) atoms. The van der Waals surface area contributed by atoms with E-state index in [1.165, 1.54) is 30.2 Å². The first kappa shape index (κ1) is 21.5. The predicted octanol–water partition coefficient (Wildman–Crippen LogP) is 5.05. The molecule has 0 aliphatic carbocycles. The summed E-state index contributed by atoms with van der Waals surface area (Å²) >= 11 is 6.39. The van der Waals surface area contributed by atoms with Crippen molar-refractivity contribution in [2.75, 3.05) is 12.0 Å². The highest BCUT2D eigenvalue weighted by molar-refractivity contribution is 8.27. The summed E-state index contributed by atoms with van der Waals surface area (Å²) in [6.07, 6.45) is 1.54. The molecule has 1 aliphatic heterocycles. The molecule has 2 aromatic carbocycles. The van der Waals surface area contributed by atoms with Crippen LogP contribution in [-0.2, 0) is 9.53 Å². The highest BCUT2D eigenvalue weighted by Crippen LogP contribution is 2.37. The van der Waals surface area contributed by atoms with Crippen molar-refractivity contribution >= 4 is 57.6 Å².